The van der Waals surface area contributed by atoms with E-state index in [1.807, 2.05) is 25.1 Å². The van der Waals surface area contributed by atoms with Crippen LogP contribution in [0.25, 0.3) is 0 Å². The van der Waals surface area contributed by atoms with Crippen LogP contribution in [-0.4, -0.2) is 12.2 Å². The zero-order chi connectivity index (χ0) is 14.8. The highest BCUT2D eigenvalue weighted by atomic mass is 35.5. The molecule has 3 atom stereocenters. The summed E-state index contributed by atoms with van der Waals surface area (Å²) in [6.07, 6.45) is -1.84. The van der Waals surface area contributed by atoms with Gasteiger partial charge in [0.1, 0.15) is 0 Å². The van der Waals surface area contributed by atoms with E-state index in [2.05, 4.69) is 5.32 Å². The molecular formula is C15H19ClF3N. The van der Waals surface area contributed by atoms with Gasteiger partial charge in [0.15, 0.2) is 0 Å². The van der Waals surface area contributed by atoms with Crippen molar-refractivity contribution in [2.75, 3.05) is 0 Å². The number of halogens is 4. The summed E-state index contributed by atoms with van der Waals surface area (Å²) in [7, 11) is 0. The lowest BCUT2D eigenvalue weighted by molar-refractivity contribution is -0.189. The third-order valence-electron chi connectivity index (χ3n) is 4.02. The van der Waals surface area contributed by atoms with Crippen molar-refractivity contribution in [3.63, 3.8) is 0 Å². The van der Waals surface area contributed by atoms with Gasteiger partial charge in [-0.25, -0.2) is 0 Å². The molecule has 20 heavy (non-hydrogen) atoms. The molecule has 0 saturated heterocycles. The average molecular weight is 306 g/mol. The molecule has 0 aliphatic heterocycles. The SMILES string of the molecule is C[C@H](NC1CCCCC1C(F)(F)F)c1ccccc1Cl. The van der Waals surface area contributed by atoms with E-state index in [-0.39, 0.29) is 12.5 Å². The summed E-state index contributed by atoms with van der Waals surface area (Å²) in [5.41, 5.74) is 0.848. The number of hydrogen-bond donors (Lipinski definition) is 1. The lowest BCUT2D eigenvalue weighted by Crippen LogP contribution is -2.46. The van der Waals surface area contributed by atoms with Gasteiger partial charge in [-0.05, 0) is 31.4 Å². The Balaban J connectivity index is 2.09. The van der Waals surface area contributed by atoms with Crippen LogP contribution in [0.5, 0.6) is 0 Å². The van der Waals surface area contributed by atoms with E-state index in [1.54, 1.807) is 6.07 Å². The molecule has 0 aromatic heterocycles. The summed E-state index contributed by atoms with van der Waals surface area (Å²) in [5, 5.41) is 3.72. The third kappa shape index (κ3) is 3.67. The van der Waals surface area contributed by atoms with Crippen molar-refractivity contribution in [3.05, 3.63) is 34.9 Å². The third-order valence-corrected chi connectivity index (χ3v) is 4.37. The van der Waals surface area contributed by atoms with E-state index in [0.717, 1.165) is 12.0 Å². The van der Waals surface area contributed by atoms with Gasteiger partial charge in [0, 0.05) is 17.1 Å². The highest BCUT2D eigenvalue weighted by Crippen LogP contribution is 2.38. The molecule has 112 valence electrons. The summed E-state index contributed by atoms with van der Waals surface area (Å²) in [6, 6.07) is 6.58. The normalized spacial score (nSPS) is 25.4. The average Bonchev–Trinajstić information content (AvgIpc) is 2.38. The van der Waals surface area contributed by atoms with Crippen molar-refractivity contribution in [3.8, 4) is 0 Å². The standard InChI is InChI=1S/C15H19ClF3N/c1-10(11-6-2-4-8-13(11)16)20-14-9-5-3-7-12(14)15(17,18)19/h2,4,6,8,10,12,14,20H,3,5,7,9H2,1H3/t10-,12?,14?/m0/s1. The van der Waals surface area contributed by atoms with Crippen LogP contribution in [0.1, 0.15) is 44.2 Å². The number of alkyl halides is 3. The summed E-state index contributed by atoms with van der Waals surface area (Å²) in [5.74, 6) is -1.25. The van der Waals surface area contributed by atoms with Crippen molar-refractivity contribution >= 4 is 11.6 Å². The lowest BCUT2D eigenvalue weighted by Gasteiger charge is -2.35. The largest absolute Gasteiger partial charge is 0.393 e. The van der Waals surface area contributed by atoms with Gasteiger partial charge in [-0.15, -0.1) is 0 Å². The van der Waals surface area contributed by atoms with Crippen LogP contribution in [0.15, 0.2) is 24.3 Å². The van der Waals surface area contributed by atoms with Crippen LogP contribution in [-0.2, 0) is 0 Å². The van der Waals surface area contributed by atoms with E-state index < -0.39 is 18.1 Å². The lowest BCUT2D eigenvalue weighted by atomic mass is 9.83. The van der Waals surface area contributed by atoms with Crippen LogP contribution in [0.3, 0.4) is 0 Å². The summed E-state index contributed by atoms with van der Waals surface area (Å²) < 4.78 is 39.2. The van der Waals surface area contributed by atoms with E-state index in [0.29, 0.717) is 17.9 Å². The zero-order valence-electron chi connectivity index (χ0n) is 11.4. The van der Waals surface area contributed by atoms with Gasteiger partial charge < -0.3 is 5.32 Å². The minimum Gasteiger partial charge on any atom is -0.307 e. The Hall–Kier alpha value is -0.740. The van der Waals surface area contributed by atoms with Crippen LogP contribution in [0, 0.1) is 5.92 Å². The van der Waals surface area contributed by atoms with Crippen LogP contribution in [0.2, 0.25) is 5.02 Å². The first-order valence-electron chi connectivity index (χ1n) is 6.97. The van der Waals surface area contributed by atoms with Crippen molar-refractivity contribution < 1.29 is 13.2 Å². The summed E-state index contributed by atoms with van der Waals surface area (Å²) >= 11 is 6.10. The van der Waals surface area contributed by atoms with Crippen molar-refractivity contribution in [2.45, 2.75) is 50.9 Å². The second-order valence-corrected chi connectivity index (χ2v) is 5.86. The maximum Gasteiger partial charge on any atom is 0.393 e. The van der Waals surface area contributed by atoms with Crippen molar-refractivity contribution in [2.24, 2.45) is 5.92 Å². The van der Waals surface area contributed by atoms with Crippen LogP contribution < -0.4 is 5.32 Å². The maximum atomic E-state index is 13.1. The Morgan fingerprint density at radius 2 is 1.85 bits per heavy atom. The van der Waals surface area contributed by atoms with Gasteiger partial charge in [0.2, 0.25) is 0 Å². The van der Waals surface area contributed by atoms with Crippen LogP contribution >= 0.6 is 11.6 Å². The molecule has 2 rings (SSSR count). The minimum atomic E-state index is -4.13. The Bertz CT molecular complexity index is 447. The fourth-order valence-electron chi connectivity index (χ4n) is 2.96. The molecule has 5 heteroatoms. The molecule has 1 fully saturated rings. The molecule has 1 saturated carbocycles. The molecule has 1 N–H and O–H groups in total. The molecule has 0 heterocycles. The van der Waals surface area contributed by atoms with Gasteiger partial charge in [-0.3, -0.25) is 0 Å². The van der Waals surface area contributed by atoms with Gasteiger partial charge in [0.25, 0.3) is 0 Å². The van der Waals surface area contributed by atoms with Gasteiger partial charge in [-0.1, -0.05) is 42.6 Å². The molecule has 1 nitrogen and oxygen atoms in total. The predicted octanol–water partition coefficient (Wildman–Crippen LogP) is 5.11. The summed E-state index contributed by atoms with van der Waals surface area (Å²) in [4.78, 5) is 0. The number of hydrogen-bond acceptors (Lipinski definition) is 1. The number of nitrogens with one attached hydrogen (secondary N) is 1. The molecule has 1 aliphatic carbocycles. The van der Waals surface area contributed by atoms with E-state index in [1.165, 1.54) is 0 Å². The topological polar surface area (TPSA) is 12.0 Å². The molecule has 0 spiro atoms. The predicted molar refractivity (Wildman–Crippen MR) is 74.8 cm³/mol. The molecule has 1 aliphatic rings. The first kappa shape index (κ1) is 15.6. The molecule has 1 aromatic rings. The highest BCUT2D eigenvalue weighted by molar-refractivity contribution is 6.31. The molecular weight excluding hydrogens is 287 g/mol. The Morgan fingerprint density at radius 1 is 1.20 bits per heavy atom. The zero-order valence-corrected chi connectivity index (χ0v) is 12.1. The summed E-state index contributed by atoms with van der Waals surface area (Å²) in [6.45, 7) is 1.86. The van der Waals surface area contributed by atoms with Crippen molar-refractivity contribution in [1.82, 2.24) is 5.32 Å². The fourth-order valence-corrected chi connectivity index (χ4v) is 3.26. The Kier molecular flexibility index (Phi) is 4.97. The molecule has 0 radical (unpaired) electrons. The van der Waals surface area contributed by atoms with Gasteiger partial charge in [0.05, 0.1) is 5.92 Å². The molecule has 2 unspecified atom stereocenters. The second-order valence-electron chi connectivity index (χ2n) is 5.45. The first-order chi connectivity index (χ1) is 9.39. The Labute approximate surface area is 122 Å². The maximum absolute atomic E-state index is 13.1. The fraction of sp³-hybridized carbons (Fsp3) is 0.600. The van der Waals surface area contributed by atoms with Crippen LogP contribution in [0.4, 0.5) is 13.2 Å². The first-order valence-corrected chi connectivity index (χ1v) is 7.34. The molecule has 1 aromatic carbocycles. The molecule has 0 amide bonds. The van der Waals surface area contributed by atoms with Crippen molar-refractivity contribution in [1.29, 1.82) is 0 Å². The highest BCUT2D eigenvalue weighted by Gasteiger charge is 2.45. The monoisotopic (exact) mass is 305 g/mol. The smallest absolute Gasteiger partial charge is 0.307 e. The second kappa shape index (κ2) is 6.35. The molecule has 0 bridgehead atoms. The van der Waals surface area contributed by atoms with E-state index in [9.17, 15) is 13.2 Å². The minimum absolute atomic E-state index is 0.184. The van der Waals surface area contributed by atoms with E-state index in [4.69, 9.17) is 11.6 Å². The quantitative estimate of drug-likeness (QED) is 0.818. The number of rotatable bonds is 3. The van der Waals surface area contributed by atoms with Gasteiger partial charge >= 0.3 is 6.18 Å². The van der Waals surface area contributed by atoms with Gasteiger partial charge in [-0.2, -0.15) is 13.2 Å². The number of benzene rings is 1. The van der Waals surface area contributed by atoms with E-state index >= 15 is 0 Å². The Morgan fingerprint density at radius 3 is 2.50 bits per heavy atom.